The van der Waals surface area contributed by atoms with E-state index in [0.717, 1.165) is 16.0 Å². The van der Waals surface area contributed by atoms with Crippen molar-refractivity contribution in [1.29, 1.82) is 0 Å². The zero-order valence-electron chi connectivity index (χ0n) is 18.2. The van der Waals surface area contributed by atoms with Crippen molar-refractivity contribution >= 4 is 17.2 Å². The van der Waals surface area contributed by atoms with E-state index >= 15 is 0 Å². The highest BCUT2D eigenvalue weighted by Crippen LogP contribution is 2.40. The van der Waals surface area contributed by atoms with Crippen LogP contribution >= 0.6 is 11.3 Å². The number of aryl methyl sites for hydroxylation is 1. The minimum atomic E-state index is -0.0625. The number of amides is 1. The summed E-state index contributed by atoms with van der Waals surface area (Å²) in [5.41, 5.74) is 2.54. The molecule has 2 heterocycles. The fraction of sp³-hybridized carbons (Fsp3) is 0.269. The summed E-state index contributed by atoms with van der Waals surface area (Å²) < 4.78 is 17.4. The topological polar surface area (TPSA) is 48.0 Å². The maximum Gasteiger partial charge on any atom is 0.254 e. The first-order chi connectivity index (χ1) is 15.6. The number of carbonyl (C=O) groups excluding carboxylic acids is 1. The van der Waals surface area contributed by atoms with E-state index < -0.39 is 0 Å². The first-order valence-electron chi connectivity index (χ1n) is 10.4. The van der Waals surface area contributed by atoms with Crippen molar-refractivity contribution in [3.63, 3.8) is 0 Å². The molecule has 3 aromatic rings. The number of hydrogen-bond donors (Lipinski definition) is 0. The molecule has 0 atom stereocenters. The van der Waals surface area contributed by atoms with Crippen LogP contribution in [0.4, 0.5) is 0 Å². The number of terminal acetylenes is 1. The molecule has 6 heteroatoms. The van der Waals surface area contributed by atoms with Crippen molar-refractivity contribution in [2.45, 2.75) is 19.9 Å². The Morgan fingerprint density at radius 3 is 2.88 bits per heavy atom. The molecular weight excluding hydrogens is 422 g/mol. The molecule has 0 bridgehead atoms. The molecule has 0 fully saturated rings. The Balaban J connectivity index is 1.69. The van der Waals surface area contributed by atoms with Crippen molar-refractivity contribution in [3.8, 4) is 40.0 Å². The van der Waals surface area contributed by atoms with Crippen LogP contribution < -0.4 is 14.2 Å². The van der Waals surface area contributed by atoms with Gasteiger partial charge in [0.15, 0.2) is 11.5 Å². The third kappa shape index (κ3) is 4.74. The van der Waals surface area contributed by atoms with Crippen molar-refractivity contribution < 1.29 is 19.0 Å². The minimum Gasteiger partial charge on any atom is -0.497 e. The molecule has 1 aliphatic heterocycles. The fourth-order valence-electron chi connectivity index (χ4n) is 3.65. The van der Waals surface area contributed by atoms with Gasteiger partial charge in [0.25, 0.3) is 5.91 Å². The number of methoxy groups -OCH3 is 1. The Morgan fingerprint density at radius 1 is 1.25 bits per heavy atom. The molecular formula is C26H25NO4S. The third-order valence-corrected chi connectivity index (χ3v) is 6.28. The van der Waals surface area contributed by atoms with Gasteiger partial charge in [0, 0.05) is 33.8 Å². The van der Waals surface area contributed by atoms with E-state index in [0.29, 0.717) is 55.5 Å². The van der Waals surface area contributed by atoms with Gasteiger partial charge in [-0.1, -0.05) is 6.07 Å². The summed E-state index contributed by atoms with van der Waals surface area (Å²) in [5.74, 6) is 4.54. The first-order valence-corrected chi connectivity index (χ1v) is 11.3. The summed E-state index contributed by atoms with van der Waals surface area (Å²) in [6.45, 7) is 3.77. The summed E-state index contributed by atoms with van der Waals surface area (Å²) in [5, 5.41) is 0. The number of ether oxygens (including phenoxy) is 3. The zero-order valence-corrected chi connectivity index (χ0v) is 19.0. The average Bonchev–Trinajstić information content (AvgIpc) is 3.13. The van der Waals surface area contributed by atoms with Crippen LogP contribution in [0.2, 0.25) is 0 Å². The Kier molecular flexibility index (Phi) is 6.67. The summed E-state index contributed by atoms with van der Waals surface area (Å²) in [4.78, 5) is 17.4. The Bertz CT molecular complexity index is 1160. The quantitative estimate of drug-likeness (QED) is 0.386. The number of benzene rings is 2. The highest BCUT2D eigenvalue weighted by molar-refractivity contribution is 7.15. The lowest BCUT2D eigenvalue weighted by Crippen LogP contribution is -2.32. The lowest BCUT2D eigenvalue weighted by Gasteiger charge is -2.20. The normalized spacial score (nSPS) is 12.8. The van der Waals surface area contributed by atoms with E-state index in [1.807, 2.05) is 18.2 Å². The van der Waals surface area contributed by atoms with Crippen LogP contribution in [-0.4, -0.2) is 37.7 Å². The van der Waals surface area contributed by atoms with Gasteiger partial charge in [-0.3, -0.25) is 4.79 Å². The SMILES string of the molecule is C#CCCOc1cc(-c2ccc(C)s2)cc2c1OCCN(C(=O)c1cccc(OC)c1)C2. The number of nitrogens with zero attached hydrogens (tertiary/aromatic N) is 1. The molecule has 0 saturated carbocycles. The molecule has 5 nitrogen and oxygen atoms in total. The maximum atomic E-state index is 13.2. The number of hydrogen-bond acceptors (Lipinski definition) is 5. The zero-order chi connectivity index (χ0) is 22.5. The van der Waals surface area contributed by atoms with Crippen molar-refractivity contribution in [2.75, 3.05) is 26.9 Å². The molecule has 0 saturated heterocycles. The molecule has 164 valence electrons. The van der Waals surface area contributed by atoms with Gasteiger partial charge in [-0.15, -0.1) is 23.7 Å². The number of thiophene rings is 1. The van der Waals surface area contributed by atoms with E-state index in [1.165, 1.54) is 4.88 Å². The monoisotopic (exact) mass is 447 g/mol. The van der Waals surface area contributed by atoms with Crippen LogP contribution in [0.3, 0.4) is 0 Å². The standard InChI is InChI=1S/C26H25NO4S/c1-4-5-12-30-23-16-20(24-10-9-18(2)32-24)14-21-17-27(11-13-31-25(21)23)26(28)19-7-6-8-22(15-19)29-3/h1,6-10,14-16H,5,11-13,17H2,2-3H3. The van der Waals surface area contributed by atoms with Gasteiger partial charge in [0.2, 0.25) is 0 Å². The third-order valence-electron chi connectivity index (χ3n) is 5.23. The van der Waals surface area contributed by atoms with Crippen molar-refractivity contribution in [3.05, 3.63) is 64.5 Å². The number of fused-ring (bicyclic) bond motifs is 1. The van der Waals surface area contributed by atoms with Gasteiger partial charge in [0.1, 0.15) is 12.4 Å². The molecule has 0 aliphatic carbocycles. The largest absolute Gasteiger partial charge is 0.497 e. The first kappa shape index (κ1) is 21.8. The molecule has 32 heavy (non-hydrogen) atoms. The van der Waals surface area contributed by atoms with Crippen LogP contribution in [0.5, 0.6) is 17.2 Å². The van der Waals surface area contributed by atoms with Gasteiger partial charge in [-0.05, 0) is 55.0 Å². The van der Waals surface area contributed by atoms with Gasteiger partial charge in [-0.2, -0.15) is 0 Å². The Hall–Kier alpha value is -3.43. The van der Waals surface area contributed by atoms with E-state index in [1.54, 1.807) is 35.5 Å². The van der Waals surface area contributed by atoms with Crippen molar-refractivity contribution in [1.82, 2.24) is 4.90 Å². The molecule has 0 unspecified atom stereocenters. The summed E-state index contributed by atoms with van der Waals surface area (Å²) in [6.07, 6.45) is 5.91. The smallest absolute Gasteiger partial charge is 0.254 e. The Labute approximate surface area is 192 Å². The number of rotatable bonds is 6. The lowest BCUT2D eigenvalue weighted by atomic mass is 10.1. The fourth-order valence-corrected chi connectivity index (χ4v) is 4.51. The van der Waals surface area contributed by atoms with Crippen LogP contribution in [0.1, 0.15) is 27.2 Å². The summed E-state index contributed by atoms with van der Waals surface area (Å²) >= 11 is 1.72. The molecule has 2 aromatic carbocycles. The lowest BCUT2D eigenvalue weighted by molar-refractivity contribution is 0.0732. The maximum absolute atomic E-state index is 13.2. The molecule has 1 amide bonds. The van der Waals surface area contributed by atoms with Gasteiger partial charge < -0.3 is 19.1 Å². The predicted molar refractivity (Wildman–Crippen MR) is 127 cm³/mol. The second kappa shape index (κ2) is 9.80. The minimum absolute atomic E-state index is 0.0625. The predicted octanol–water partition coefficient (Wildman–Crippen LogP) is 5.17. The second-order valence-electron chi connectivity index (χ2n) is 7.48. The van der Waals surface area contributed by atoms with Gasteiger partial charge >= 0.3 is 0 Å². The molecule has 0 N–H and O–H groups in total. The molecule has 0 spiro atoms. The second-order valence-corrected chi connectivity index (χ2v) is 8.77. The highest BCUT2D eigenvalue weighted by atomic mass is 32.1. The van der Waals surface area contributed by atoms with E-state index in [-0.39, 0.29) is 5.91 Å². The molecule has 1 aliphatic rings. The number of carbonyl (C=O) groups is 1. The van der Waals surface area contributed by atoms with Crippen LogP contribution in [0.25, 0.3) is 10.4 Å². The molecule has 4 rings (SSSR count). The van der Waals surface area contributed by atoms with Crippen molar-refractivity contribution in [2.24, 2.45) is 0 Å². The summed E-state index contributed by atoms with van der Waals surface area (Å²) in [6, 6.07) is 15.5. The average molecular weight is 448 g/mol. The van der Waals surface area contributed by atoms with Crippen LogP contribution in [0.15, 0.2) is 48.5 Å². The summed E-state index contributed by atoms with van der Waals surface area (Å²) in [7, 11) is 1.59. The van der Waals surface area contributed by atoms with E-state index in [9.17, 15) is 4.79 Å². The molecule has 1 aromatic heterocycles. The molecule has 0 radical (unpaired) electrons. The van der Waals surface area contributed by atoms with E-state index in [4.69, 9.17) is 20.6 Å². The van der Waals surface area contributed by atoms with Gasteiger partial charge in [0.05, 0.1) is 20.3 Å². The Morgan fingerprint density at radius 2 is 2.12 bits per heavy atom. The van der Waals surface area contributed by atoms with Crippen LogP contribution in [0, 0.1) is 19.3 Å². The highest BCUT2D eigenvalue weighted by Gasteiger charge is 2.25. The van der Waals surface area contributed by atoms with Crippen LogP contribution in [-0.2, 0) is 6.54 Å². The van der Waals surface area contributed by atoms with E-state index in [2.05, 4.69) is 31.0 Å². The van der Waals surface area contributed by atoms with Gasteiger partial charge in [-0.25, -0.2) is 0 Å².